The fourth-order valence-electron chi connectivity index (χ4n) is 3.97. The Labute approximate surface area is 140 Å². The van der Waals surface area contributed by atoms with Gasteiger partial charge in [0.1, 0.15) is 10.7 Å². The molecule has 1 heterocycles. The topological polar surface area (TPSA) is 68.0 Å². The number of fused-ring (bicyclic) bond motifs is 2. The van der Waals surface area contributed by atoms with E-state index in [1.54, 1.807) is 0 Å². The molecule has 0 saturated heterocycles. The molecule has 0 aliphatic heterocycles. The number of benzene rings is 1. The van der Waals surface area contributed by atoms with Crippen molar-refractivity contribution in [2.24, 2.45) is 11.8 Å². The second kappa shape index (κ2) is 5.64. The van der Waals surface area contributed by atoms with Crippen molar-refractivity contribution in [3.63, 3.8) is 0 Å². The monoisotopic (exact) mass is 327 g/mol. The number of carbonyl (C=O) groups excluding carboxylic acids is 1. The van der Waals surface area contributed by atoms with Gasteiger partial charge in [0.2, 0.25) is 5.78 Å². The molecule has 2 fully saturated rings. The Morgan fingerprint density at radius 3 is 2.70 bits per heavy atom. The van der Waals surface area contributed by atoms with Gasteiger partial charge in [-0.05, 0) is 38.0 Å². The Hall–Kier alpha value is -1.88. The van der Waals surface area contributed by atoms with Gasteiger partial charge in [-0.3, -0.25) is 4.79 Å². The minimum Gasteiger partial charge on any atom is -0.382 e. The molecule has 0 amide bonds. The summed E-state index contributed by atoms with van der Waals surface area (Å²) in [6, 6.07) is 8.08. The molecule has 2 aliphatic rings. The minimum absolute atomic E-state index is 0.0407. The average Bonchev–Trinajstić information content (AvgIpc) is 3.23. The molecule has 0 spiro atoms. The van der Waals surface area contributed by atoms with E-state index in [4.69, 9.17) is 5.73 Å². The number of thiazole rings is 1. The van der Waals surface area contributed by atoms with E-state index < -0.39 is 0 Å². The van der Waals surface area contributed by atoms with Gasteiger partial charge in [0, 0.05) is 11.6 Å². The van der Waals surface area contributed by atoms with Crippen molar-refractivity contribution in [1.29, 1.82) is 0 Å². The maximum Gasteiger partial charge on any atom is 0.206 e. The number of hydrogen-bond acceptors (Lipinski definition) is 5. The number of hydrogen-bond donors (Lipinski definition) is 2. The second-order valence-electron chi connectivity index (χ2n) is 6.85. The number of nitrogens with two attached hydrogens (primary N) is 1. The molecule has 0 radical (unpaired) electrons. The first-order valence-electron chi connectivity index (χ1n) is 8.24. The van der Waals surface area contributed by atoms with Gasteiger partial charge < -0.3 is 11.1 Å². The number of ketones is 1. The molecule has 120 valence electrons. The lowest BCUT2D eigenvalue weighted by molar-refractivity contribution is 0.104. The number of carbonyl (C=O) groups is 1. The van der Waals surface area contributed by atoms with Crippen LogP contribution in [0.2, 0.25) is 0 Å². The van der Waals surface area contributed by atoms with Gasteiger partial charge in [-0.15, -0.1) is 0 Å². The highest BCUT2D eigenvalue weighted by Gasteiger charge is 2.39. The van der Waals surface area contributed by atoms with Crippen LogP contribution in [0.3, 0.4) is 0 Å². The van der Waals surface area contributed by atoms with Gasteiger partial charge in [0.25, 0.3) is 0 Å². The van der Waals surface area contributed by atoms with Crippen LogP contribution in [0.4, 0.5) is 10.9 Å². The van der Waals surface area contributed by atoms with E-state index in [2.05, 4.69) is 10.3 Å². The first kappa shape index (κ1) is 14.7. The number of anilines is 2. The van der Waals surface area contributed by atoms with Crippen LogP contribution in [-0.4, -0.2) is 16.8 Å². The molecule has 1 aromatic heterocycles. The summed E-state index contributed by atoms with van der Waals surface area (Å²) in [4.78, 5) is 17.5. The van der Waals surface area contributed by atoms with Gasteiger partial charge in [0.15, 0.2) is 5.13 Å². The maximum absolute atomic E-state index is 12.6. The molecule has 1 aromatic carbocycles. The van der Waals surface area contributed by atoms with Crippen LogP contribution in [0, 0.1) is 18.8 Å². The molecule has 23 heavy (non-hydrogen) atoms. The number of aromatic nitrogens is 1. The molecular formula is C18H21N3OS. The molecule has 4 nitrogen and oxygen atoms in total. The zero-order valence-electron chi connectivity index (χ0n) is 13.2. The van der Waals surface area contributed by atoms with Gasteiger partial charge >= 0.3 is 0 Å². The van der Waals surface area contributed by atoms with Crippen molar-refractivity contribution in [3.8, 4) is 0 Å². The summed E-state index contributed by atoms with van der Waals surface area (Å²) in [5.74, 6) is 1.94. The summed E-state index contributed by atoms with van der Waals surface area (Å²) in [7, 11) is 0. The highest BCUT2D eigenvalue weighted by atomic mass is 32.1. The van der Waals surface area contributed by atoms with Crippen LogP contribution in [0.1, 0.15) is 46.5 Å². The van der Waals surface area contributed by atoms with Crippen LogP contribution >= 0.6 is 11.3 Å². The third kappa shape index (κ3) is 2.74. The smallest absolute Gasteiger partial charge is 0.206 e. The molecule has 2 bridgehead atoms. The highest BCUT2D eigenvalue weighted by Crippen LogP contribution is 2.46. The Bertz CT molecular complexity index is 737. The fourth-order valence-corrected chi connectivity index (χ4v) is 4.88. The number of nitrogens with one attached hydrogen (secondary N) is 1. The van der Waals surface area contributed by atoms with Gasteiger partial charge in [-0.25, -0.2) is 4.98 Å². The van der Waals surface area contributed by atoms with Crippen molar-refractivity contribution in [1.82, 2.24) is 4.98 Å². The molecule has 4 rings (SSSR count). The maximum atomic E-state index is 12.6. The molecule has 2 unspecified atom stereocenters. The SMILES string of the molecule is Cc1ccc(C(=O)c2sc(N[C@H]3CC4CCC3C4)nc2N)cc1. The molecule has 5 heteroatoms. The van der Waals surface area contributed by atoms with E-state index in [0.717, 1.165) is 22.5 Å². The van der Waals surface area contributed by atoms with E-state index in [1.165, 1.54) is 37.0 Å². The van der Waals surface area contributed by atoms with Crippen molar-refractivity contribution in [2.75, 3.05) is 11.1 Å². The zero-order valence-corrected chi connectivity index (χ0v) is 14.0. The molecular weight excluding hydrogens is 306 g/mol. The predicted octanol–water partition coefficient (Wildman–Crippen LogP) is 3.87. The van der Waals surface area contributed by atoms with E-state index in [9.17, 15) is 4.79 Å². The van der Waals surface area contributed by atoms with Crippen molar-refractivity contribution >= 4 is 28.1 Å². The Morgan fingerprint density at radius 1 is 1.26 bits per heavy atom. The molecule has 2 aliphatic carbocycles. The number of rotatable bonds is 4. The zero-order chi connectivity index (χ0) is 16.0. The largest absolute Gasteiger partial charge is 0.382 e. The van der Waals surface area contributed by atoms with Crippen molar-refractivity contribution in [2.45, 2.75) is 38.6 Å². The van der Waals surface area contributed by atoms with Crippen molar-refractivity contribution in [3.05, 3.63) is 40.3 Å². The van der Waals surface area contributed by atoms with Crippen LogP contribution in [0.15, 0.2) is 24.3 Å². The lowest BCUT2D eigenvalue weighted by Crippen LogP contribution is -2.25. The minimum atomic E-state index is -0.0407. The van der Waals surface area contributed by atoms with Gasteiger partial charge in [-0.2, -0.15) is 0 Å². The molecule has 3 atom stereocenters. The van der Waals surface area contributed by atoms with E-state index in [0.29, 0.717) is 22.3 Å². The summed E-state index contributed by atoms with van der Waals surface area (Å²) in [5, 5.41) is 4.31. The molecule has 3 N–H and O–H groups in total. The summed E-state index contributed by atoms with van der Waals surface area (Å²) in [5.41, 5.74) is 7.80. The van der Waals surface area contributed by atoms with Gasteiger partial charge in [0.05, 0.1) is 0 Å². The van der Waals surface area contributed by atoms with E-state index in [-0.39, 0.29) is 5.78 Å². The summed E-state index contributed by atoms with van der Waals surface area (Å²) >= 11 is 1.38. The number of aryl methyl sites for hydroxylation is 1. The summed E-state index contributed by atoms with van der Waals surface area (Å²) in [6.45, 7) is 2.01. The van der Waals surface area contributed by atoms with E-state index in [1.807, 2.05) is 31.2 Å². The Balaban J connectivity index is 1.52. The third-order valence-electron chi connectivity index (χ3n) is 5.22. The van der Waals surface area contributed by atoms with Crippen molar-refractivity contribution < 1.29 is 4.79 Å². The second-order valence-corrected chi connectivity index (χ2v) is 7.85. The standard InChI is InChI=1S/C18H21N3OS/c1-10-2-5-12(6-3-10)15(22)16-17(19)21-18(23-16)20-14-9-11-4-7-13(14)8-11/h2-3,5-6,11,13-14H,4,7-9,19H2,1H3,(H,20,21)/t11?,13?,14-/m0/s1. The normalized spacial score (nSPS) is 25.7. The first-order chi connectivity index (χ1) is 11.1. The fraction of sp³-hybridized carbons (Fsp3) is 0.444. The van der Waals surface area contributed by atoms with Crippen LogP contribution in [0.25, 0.3) is 0 Å². The van der Waals surface area contributed by atoms with Crippen LogP contribution < -0.4 is 11.1 Å². The lowest BCUT2D eigenvalue weighted by Gasteiger charge is -2.22. The lowest BCUT2D eigenvalue weighted by atomic mass is 9.96. The quantitative estimate of drug-likeness (QED) is 0.837. The molecule has 2 aromatic rings. The highest BCUT2D eigenvalue weighted by molar-refractivity contribution is 7.18. The van der Waals surface area contributed by atoms with Crippen LogP contribution in [0.5, 0.6) is 0 Å². The van der Waals surface area contributed by atoms with Crippen LogP contribution in [-0.2, 0) is 0 Å². The Morgan fingerprint density at radius 2 is 2.04 bits per heavy atom. The third-order valence-corrected chi connectivity index (χ3v) is 6.22. The molecule has 2 saturated carbocycles. The number of nitrogens with zero attached hydrogens (tertiary/aromatic N) is 1. The average molecular weight is 327 g/mol. The predicted molar refractivity (Wildman–Crippen MR) is 94.0 cm³/mol. The Kier molecular flexibility index (Phi) is 3.60. The van der Waals surface area contributed by atoms with Gasteiger partial charge in [-0.1, -0.05) is 47.6 Å². The summed E-state index contributed by atoms with van der Waals surface area (Å²) in [6.07, 6.45) is 5.26. The number of nitrogen functional groups attached to an aromatic ring is 1. The first-order valence-corrected chi connectivity index (χ1v) is 9.06. The summed E-state index contributed by atoms with van der Waals surface area (Å²) < 4.78 is 0. The van der Waals surface area contributed by atoms with E-state index >= 15 is 0 Å².